The summed E-state index contributed by atoms with van der Waals surface area (Å²) in [4.78, 5) is 15.8. The van der Waals surface area contributed by atoms with Crippen molar-refractivity contribution in [1.82, 2.24) is 10.2 Å². The van der Waals surface area contributed by atoms with Crippen molar-refractivity contribution in [3.63, 3.8) is 0 Å². The van der Waals surface area contributed by atoms with Gasteiger partial charge in [-0.05, 0) is 85.9 Å². The van der Waals surface area contributed by atoms with Crippen LogP contribution in [0, 0.1) is 6.92 Å². The third kappa shape index (κ3) is 6.20. The Kier molecular flexibility index (Phi) is 8.09. The zero-order chi connectivity index (χ0) is 27.4. The molecule has 2 aliphatic rings. The number of carbonyl (C=O) groups excluding carboxylic acids is 1. The fourth-order valence-corrected chi connectivity index (χ4v) is 6.51. The third-order valence-corrected chi connectivity index (χ3v) is 9.06. The largest absolute Gasteiger partial charge is 0.497 e. The number of amides is 1. The number of nitrogens with zero attached hydrogens (tertiary/aromatic N) is 2. The molecular weight excluding hydrogens is 514 g/mol. The normalized spacial score (nSPS) is 17.7. The lowest BCUT2D eigenvalue weighted by Crippen LogP contribution is -2.50. The number of anilines is 1. The Morgan fingerprint density at radius 2 is 1.67 bits per heavy atom. The lowest BCUT2D eigenvalue weighted by molar-refractivity contribution is -0.127. The van der Waals surface area contributed by atoms with Gasteiger partial charge in [0.15, 0.2) is 6.10 Å². The Morgan fingerprint density at radius 3 is 2.36 bits per heavy atom. The van der Waals surface area contributed by atoms with Crippen LogP contribution in [0.25, 0.3) is 0 Å². The number of ether oxygens (including phenoxy) is 2. The number of benzene rings is 3. The second kappa shape index (κ2) is 11.7. The van der Waals surface area contributed by atoms with Gasteiger partial charge in [0.25, 0.3) is 15.9 Å². The first-order valence-corrected chi connectivity index (χ1v) is 14.8. The molecule has 1 atom stereocenters. The SMILES string of the molecule is COc1ccc(S(=O)(=O)N2CC(C(=O)NCc3ccc(CN4CCCCC4)cc3)Oc3ccc(C)cc32)cc1. The number of sulfonamides is 1. The molecule has 5 rings (SSSR count). The number of likely N-dealkylation sites (tertiary alicyclic amines) is 1. The van der Waals surface area contributed by atoms with Crippen molar-refractivity contribution in [2.45, 2.75) is 50.3 Å². The number of hydrogen-bond donors (Lipinski definition) is 1. The fraction of sp³-hybridized carbons (Fsp3) is 0.367. The number of aryl methyl sites for hydroxylation is 1. The Bertz CT molecular complexity index is 1400. The molecule has 3 aromatic carbocycles. The number of fused-ring (bicyclic) bond motifs is 1. The Balaban J connectivity index is 1.28. The second-order valence-electron chi connectivity index (χ2n) is 10.2. The summed E-state index contributed by atoms with van der Waals surface area (Å²) < 4.78 is 39.8. The van der Waals surface area contributed by atoms with Gasteiger partial charge >= 0.3 is 0 Å². The van der Waals surface area contributed by atoms with E-state index in [4.69, 9.17) is 9.47 Å². The van der Waals surface area contributed by atoms with Gasteiger partial charge in [-0.3, -0.25) is 14.0 Å². The highest BCUT2D eigenvalue weighted by Gasteiger charge is 2.37. The molecule has 0 bridgehead atoms. The van der Waals surface area contributed by atoms with E-state index in [0.717, 1.165) is 30.8 Å². The number of piperidine rings is 1. The van der Waals surface area contributed by atoms with E-state index in [0.29, 0.717) is 23.7 Å². The molecule has 1 N–H and O–H groups in total. The highest BCUT2D eigenvalue weighted by Crippen LogP contribution is 2.38. The van der Waals surface area contributed by atoms with Crippen LogP contribution in [0.15, 0.2) is 71.6 Å². The molecule has 8 nitrogen and oxygen atoms in total. The van der Waals surface area contributed by atoms with Crippen molar-refractivity contribution in [3.8, 4) is 11.5 Å². The van der Waals surface area contributed by atoms with Gasteiger partial charge in [-0.15, -0.1) is 0 Å². The second-order valence-corrected chi connectivity index (χ2v) is 12.0. The van der Waals surface area contributed by atoms with Crippen molar-refractivity contribution in [1.29, 1.82) is 0 Å². The molecule has 0 radical (unpaired) electrons. The van der Waals surface area contributed by atoms with Crippen molar-refractivity contribution < 1.29 is 22.7 Å². The number of nitrogens with one attached hydrogen (secondary N) is 1. The Hall–Kier alpha value is -3.56. The van der Waals surface area contributed by atoms with Crippen molar-refractivity contribution in [2.75, 3.05) is 31.0 Å². The molecule has 2 aliphatic heterocycles. The first-order valence-electron chi connectivity index (χ1n) is 13.4. The average molecular weight is 550 g/mol. The Morgan fingerprint density at radius 1 is 0.974 bits per heavy atom. The molecular formula is C30H35N3O5S. The van der Waals surface area contributed by atoms with Gasteiger partial charge in [0.1, 0.15) is 11.5 Å². The van der Waals surface area contributed by atoms with Crippen LogP contribution in [0.4, 0.5) is 5.69 Å². The summed E-state index contributed by atoms with van der Waals surface area (Å²) in [5.41, 5.74) is 3.53. The van der Waals surface area contributed by atoms with Crippen LogP contribution in [0.5, 0.6) is 11.5 Å². The number of rotatable bonds is 8. The molecule has 0 aliphatic carbocycles. The molecule has 1 saturated heterocycles. The number of methoxy groups -OCH3 is 1. The van der Waals surface area contributed by atoms with E-state index in [2.05, 4.69) is 22.3 Å². The van der Waals surface area contributed by atoms with Gasteiger partial charge in [-0.1, -0.05) is 36.8 Å². The minimum atomic E-state index is -3.95. The van der Waals surface area contributed by atoms with E-state index < -0.39 is 16.1 Å². The minimum Gasteiger partial charge on any atom is -0.497 e. The third-order valence-electron chi connectivity index (χ3n) is 7.27. The molecule has 1 fully saturated rings. The molecule has 0 aromatic heterocycles. The Labute approximate surface area is 230 Å². The van der Waals surface area contributed by atoms with E-state index in [1.807, 2.05) is 25.1 Å². The smallest absolute Gasteiger partial charge is 0.264 e. The van der Waals surface area contributed by atoms with Crippen LogP contribution in [0.2, 0.25) is 0 Å². The predicted molar refractivity (Wildman–Crippen MR) is 151 cm³/mol. The van der Waals surface area contributed by atoms with Gasteiger partial charge in [-0.2, -0.15) is 0 Å². The summed E-state index contributed by atoms with van der Waals surface area (Å²) in [5.74, 6) is 0.545. The van der Waals surface area contributed by atoms with Crippen molar-refractivity contribution >= 4 is 21.6 Å². The zero-order valence-corrected chi connectivity index (χ0v) is 23.2. The molecule has 3 aromatic rings. The standard InChI is InChI=1S/C30H35N3O5S/c1-22-6-15-28-27(18-22)33(39(35,36)26-13-11-25(37-2)12-14-26)21-29(38-28)30(34)31-19-23-7-9-24(10-8-23)20-32-16-4-3-5-17-32/h6-15,18,29H,3-5,16-17,19-21H2,1-2H3,(H,31,34). The topological polar surface area (TPSA) is 88.2 Å². The first-order chi connectivity index (χ1) is 18.8. The fourth-order valence-electron chi connectivity index (χ4n) is 5.04. The molecule has 0 saturated carbocycles. The van der Waals surface area contributed by atoms with E-state index >= 15 is 0 Å². The summed E-state index contributed by atoms with van der Waals surface area (Å²) in [6.07, 6.45) is 2.84. The summed E-state index contributed by atoms with van der Waals surface area (Å²) in [6.45, 7) is 5.31. The van der Waals surface area contributed by atoms with Crippen LogP contribution in [0.3, 0.4) is 0 Å². The van der Waals surface area contributed by atoms with Crippen molar-refractivity contribution in [2.24, 2.45) is 0 Å². The summed E-state index contributed by atoms with van der Waals surface area (Å²) in [5, 5.41) is 2.93. The van der Waals surface area contributed by atoms with Gasteiger partial charge in [-0.25, -0.2) is 8.42 Å². The van der Waals surface area contributed by atoms with Gasteiger partial charge in [0, 0.05) is 13.1 Å². The van der Waals surface area contributed by atoms with Crippen molar-refractivity contribution in [3.05, 3.63) is 83.4 Å². The van der Waals surface area contributed by atoms with Crippen LogP contribution in [0.1, 0.15) is 36.0 Å². The van der Waals surface area contributed by atoms with Crippen LogP contribution >= 0.6 is 0 Å². The maximum Gasteiger partial charge on any atom is 0.264 e. The number of hydrogen-bond acceptors (Lipinski definition) is 6. The maximum atomic E-state index is 13.7. The zero-order valence-electron chi connectivity index (χ0n) is 22.4. The van der Waals surface area contributed by atoms with E-state index in [-0.39, 0.29) is 17.3 Å². The summed E-state index contributed by atoms with van der Waals surface area (Å²) >= 11 is 0. The first kappa shape index (κ1) is 27.0. The molecule has 1 unspecified atom stereocenters. The maximum absolute atomic E-state index is 13.7. The van der Waals surface area contributed by atoms with Gasteiger partial charge in [0.2, 0.25) is 0 Å². The van der Waals surface area contributed by atoms with E-state index in [1.54, 1.807) is 24.3 Å². The molecule has 9 heteroatoms. The highest BCUT2D eigenvalue weighted by molar-refractivity contribution is 7.92. The van der Waals surface area contributed by atoms with Crippen LogP contribution in [-0.2, 0) is 27.9 Å². The monoisotopic (exact) mass is 549 g/mol. The van der Waals surface area contributed by atoms with E-state index in [1.165, 1.54) is 48.4 Å². The van der Waals surface area contributed by atoms with E-state index in [9.17, 15) is 13.2 Å². The highest BCUT2D eigenvalue weighted by atomic mass is 32.2. The molecule has 206 valence electrons. The summed E-state index contributed by atoms with van der Waals surface area (Å²) in [7, 11) is -2.43. The molecule has 2 heterocycles. The number of carbonyl (C=O) groups is 1. The van der Waals surface area contributed by atoms with Crippen LogP contribution in [-0.4, -0.2) is 52.1 Å². The molecule has 1 amide bonds. The predicted octanol–water partition coefficient (Wildman–Crippen LogP) is 4.26. The summed E-state index contributed by atoms with van der Waals surface area (Å²) in [6, 6.07) is 19.8. The molecule has 0 spiro atoms. The quantitative estimate of drug-likeness (QED) is 0.452. The molecule has 39 heavy (non-hydrogen) atoms. The lowest BCUT2D eigenvalue weighted by Gasteiger charge is -2.35. The lowest BCUT2D eigenvalue weighted by atomic mass is 10.1. The minimum absolute atomic E-state index is 0.112. The van der Waals surface area contributed by atoms with Gasteiger partial charge in [0.05, 0.1) is 24.2 Å². The van der Waals surface area contributed by atoms with Gasteiger partial charge < -0.3 is 14.8 Å². The average Bonchev–Trinajstić information content (AvgIpc) is 2.96. The van der Waals surface area contributed by atoms with Crippen LogP contribution < -0.4 is 19.1 Å².